The van der Waals surface area contributed by atoms with Gasteiger partial charge in [0.05, 0.1) is 5.54 Å². The Bertz CT molecular complexity index is 91.5. The molecule has 0 aliphatic heterocycles. The Morgan fingerprint density at radius 3 is 1.67 bits per heavy atom. The second-order valence-electron chi connectivity index (χ2n) is 1.66. The molecule has 0 aromatic heterocycles. The van der Waals surface area contributed by atoms with Crippen LogP contribution < -0.4 is 0 Å². The summed E-state index contributed by atoms with van der Waals surface area (Å²) in [4.78, 5) is 0. The Morgan fingerprint density at radius 2 is 1.67 bits per heavy atom. The quantitative estimate of drug-likeness (QED) is 0.447. The van der Waals surface area contributed by atoms with E-state index in [4.69, 9.17) is 22.2 Å². The zero-order valence-corrected chi connectivity index (χ0v) is 7.21. The number of alkyl halides is 3. The smallest absolute Gasteiger partial charge is 0.171 e. The Kier molecular flexibility index (Phi) is 3.32. The zero-order chi connectivity index (χ0) is 7.65. The molecular weight excluding hydrogens is 192 g/mol. The molecule has 0 radical (unpaired) electrons. The highest BCUT2D eigenvalue weighted by atomic mass is 35.7. The average molecular weight is 197 g/mol. The molecule has 0 aromatic rings. The third-order valence-corrected chi connectivity index (χ3v) is 4.30. The van der Waals surface area contributed by atoms with E-state index < -0.39 is 19.1 Å². The van der Waals surface area contributed by atoms with Gasteiger partial charge < -0.3 is 0 Å². The van der Waals surface area contributed by atoms with E-state index in [0.717, 1.165) is 6.92 Å². The van der Waals surface area contributed by atoms with Crippen LogP contribution in [0.3, 0.4) is 0 Å². The van der Waals surface area contributed by atoms with Crippen LogP contribution in [0.1, 0.15) is 6.92 Å². The molecule has 0 aliphatic rings. The van der Waals surface area contributed by atoms with Crippen molar-refractivity contribution in [1.29, 1.82) is 0 Å². The summed E-state index contributed by atoms with van der Waals surface area (Å²) in [6.45, 7) is 0.997. The maximum atomic E-state index is 11.6. The fourth-order valence-corrected chi connectivity index (χ4v) is 1.29. The van der Waals surface area contributed by atoms with E-state index in [2.05, 4.69) is 0 Å². The van der Waals surface area contributed by atoms with Crippen LogP contribution in [0, 0.1) is 0 Å². The van der Waals surface area contributed by atoms with E-state index in [9.17, 15) is 13.2 Å². The first-order chi connectivity index (χ1) is 3.85. The van der Waals surface area contributed by atoms with Crippen LogP contribution >= 0.6 is 22.2 Å². The van der Waals surface area contributed by atoms with E-state index in [0.29, 0.717) is 0 Å². The van der Waals surface area contributed by atoms with Crippen molar-refractivity contribution in [2.24, 2.45) is 0 Å². The summed E-state index contributed by atoms with van der Waals surface area (Å²) in [5.74, 6) is 0. The largest absolute Gasteiger partial charge is 0.391 e. The number of rotatable bonds is 1. The zero-order valence-electron chi connectivity index (χ0n) is 4.54. The normalized spacial score (nSPS) is 16.3. The molecule has 0 heterocycles. The summed E-state index contributed by atoms with van der Waals surface area (Å²) >= 11 is 10.2. The number of halogens is 5. The molecule has 0 fully saturated rings. The fourth-order valence-electron chi connectivity index (χ4n) is 0.143. The van der Waals surface area contributed by atoms with E-state index in [1.807, 2.05) is 0 Å². The molecule has 6 heteroatoms. The van der Waals surface area contributed by atoms with Crippen molar-refractivity contribution in [3.8, 4) is 0 Å². The lowest BCUT2D eigenvalue weighted by molar-refractivity contribution is -0.130. The lowest BCUT2D eigenvalue weighted by atomic mass is 10.5. The van der Waals surface area contributed by atoms with Gasteiger partial charge in [-0.1, -0.05) is 6.92 Å². The Morgan fingerprint density at radius 1 is 1.33 bits per heavy atom. The van der Waals surface area contributed by atoms with Gasteiger partial charge in [0, 0.05) is 0 Å². The van der Waals surface area contributed by atoms with Crippen LogP contribution in [0.5, 0.6) is 0 Å². The lowest BCUT2D eigenvalue weighted by Gasteiger charge is -2.13. The summed E-state index contributed by atoms with van der Waals surface area (Å²) in [5, 5.41) is 0. The van der Waals surface area contributed by atoms with Gasteiger partial charge in [-0.3, -0.25) is 0 Å². The van der Waals surface area contributed by atoms with Crippen LogP contribution in [0.25, 0.3) is 0 Å². The van der Waals surface area contributed by atoms with E-state index in [1.54, 1.807) is 0 Å². The van der Waals surface area contributed by atoms with E-state index >= 15 is 0 Å². The topological polar surface area (TPSA) is 0 Å². The highest BCUT2D eigenvalue weighted by Crippen LogP contribution is 2.35. The van der Waals surface area contributed by atoms with Gasteiger partial charge in [0.25, 0.3) is 0 Å². The number of hydrogen-bond acceptors (Lipinski definition) is 0. The van der Waals surface area contributed by atoms with Gasteiger partial charge in [-0.2, -0.15) is 13.2 Å². The van der Waals surface area contributed by atoms with E-state index in [1.165, 1.54) is 0 Å². The second-order valence-corrected chi connectivity index (χ2v) is 6.82. The minimum atomic E-state index is -4.22. The van der Waals surface area contributed by atoms with Crippen LogP contribution in [0.15, 0.2) is 0 Å². The van der Waals surface area contributed by atoms with Gasteiger partial charge in [-0.05, 0) is 0 Å². The molecule has 0 aromatic carbocycles. The first-order valence-electron chi connectivity index (χ1n) is 2.20. The number of hydrogen-bond donors (Lipinski definition) is 0. The molecule has 0 saturated heterocycles. The predicted molar refractivity (Wildman–Crippen MR) is 34.3 cm³/mol. The Labute approximate surface area is 62.0 Å². The first-order valence-corrected chi connectivity index (χ1v) is 6.36. The minimum absolute atomic E-state index is 0.997. The van der Waals surface area contributed by atoms with Gasteiger partial charge in [-0.25, -0.2) is 0 Å². The van der Waals surface area contributed by atoms with Crippen LogP contribution in [0.4, 0.5) is 13.2 Å². The molecule has 0 bridgehead atoms. The summed E-state index contributed by atoms with van der Waals surface area (Å²) in [7, 11) is -2.57. The van der Waals surface area contributed by atoms with Gasteiger partial charge in [0.1, 0.15) is 0 Å². The van der Waals surface area contributed by atoms with E-state index in [-0.39, 0.29) is 0 Å². The van der Waals surface area contributed by atoms with Crippen LogP contribution in [-0.2, 0) is 0 Å². The van der Waals surface area contributed by atoms with Gasteiger partial charge in [0.2, 0.25) is 7.42 Å². The van der Waals surface area contributed by atoms with Crippen molar-refractivity contribution in [3.63, 3.8) is 0 Å². The SMILES string of the molecule is CC([SiH](Cl)Cl)C(F)(F)F. The molecule has 56 valence electrons. The van der Waals surface area contributed by atoms with Crippen LogP contribution in [-0.4, -0.2) is 13.6 Å². The molecule has 1 unspecified atom stereocenters. The molecule has 0 spiro atoms. The van der Waals surface area contributed by atoms with Crippen molar-refractivity contribution in [2.75, 3.05) is 0 Å². The summed E-state index contributed by atoms with van der Waals surface area (Å²) in [6.07, 6.45) is -4.22. The van der Waals surface area contributed by atoms with Crippen molar-refractivity contribution in [1.82, 2.24) is 0 Å². The van der Waals surface area contributed by atoms with Gasteiger partial charge >= 0.3 is 6.18 Å². The molecular formula is C3H5Cl2F3Si. The average Bonchev–Trinajstić information content (AvgIpc) is 1.62. The molecule has 0 amide bonds. The third-order valence-electron chi connectivity index (χ3n) is 0.894. The molecule has 0 nitrogen and oxygen atoms in total. The molecule has 9 heavy (non-hydrogen) atoms. The highest BCUT2D eigenvalue weighted by Gasteiger charge is 2.40. The van der Waals surface area contributed by atoms with Crippen molar-refractivity contribution >= 4 is 29.6 Å². The van der Waals surface area contributed by atoms with Gasteiger partial charge in [0.15, 0.2) is 0 Å². The van der Waals surface area contributed by atoms with Crippen molar-refractivity contribution < 1.29 is 13.2 Å². The molecule has 0 N–H and O–H groups in total. The second kappa shape index (κ2) is 3.12. The molecule has 0 saturated carbocycles. The fraction of sp³-hybridized carbons (Fsp3) is 1.00. The molecule has 0 aliphatic carbocycles. The maximum absolute atomic E-state index is 11.6. The van der Waals surface area contributed by atoms with Crippen molar-refractivity contribution in [2.45, 2.75) is 18.6 Å². The minimum Gasteiger partial charge on any atom is -0.171 e. The summed E-state index contributed by atoms with van der Waals surface area (Å²) < 4.78 is 34.7. The predicted octanol–water partition coefficient (Wildman–Crippen LogP) is 2.64. The Hall–Kier alpha value is 0.587. The van der Waals surface area contributed by atoms with Crippen molar-refractivity contribution in [3.05, 3.63) is 0 Å². The molecule has 1 atom stereocenters. The van der Waals surface area contributed by atoms with Gasteiger partial charge in [-0.15, -0.1) is 22.2 Å². The standard InChI is InChI=1S/C3H5Cl2F3Si/c1-2(9(4)5)3(6,7)8/h2,9H,1H3. The highest BCUT2D eigenvalue weighted by molar-refractivity contribution is 7.34. The summed E-state index contributed by atoms with van der Waals surface area (Å²) in [6, 6.07) is 0. The third kappa shape index (κ3) is 3.32. The Balaban J connectivity index is 3.88. The summed E-state index contributed by atoms with van der Waals surface area (Å²) in [5.41, 5.74) is -1.51. The molecule has 0 rings (SSSR count). The first kappa shape index (κ1) is 9.59. The lowest BCUT2D eigenvalue weighted by Crippen LogP contribution is -2.22. The van der Waals surface area contributed by atoms with Crippen LogP contribution in [0.2, 0.25) is 5.54 Å². The maximum Gasteiger partial charge on any atom is 0.391 e. The monoisotopic (exact) mass is 196 g/mol.